The van der Waals surface area contributed by atoms with Gasteiger partial charge in [-0.25, -0.2) is 4.39 Å². The zero-order valence-corrected chi connectivity index (χ0v) is 19.2. The minimum absolute atomic E-state index is 0.0279. The van der Waals surface area contributed by atoms with E-state index in [-0.39, 0.29) is 35.3 Å². The van der Waals surface area contributed by atoms with Crippen molar-refractivity contribution in [3.05, 3.63) is 52.0 Å². The number of benzene rings is 1. The Morgan fingerprint density at radius 3 is 2.66 bits per heavy atom. The first-order valence-corrected chi connectivity index (χ1v) is 12.0. The first kappa shape index (κ1) is 21.2. The van der Waals surface area contributed by atoms with Crippen LogP contribution in [0.5, 0.6) is 0 Å². The summed E-state index contributed by atoms with van der Waals surface area (Å²) in [6.07, 6.45) is 2.99. The number of carbonyl (C=O) groups excluding carboxylic acids is 2. The number of nitrogens with zero attached hydrogens (tertiary/aromatic N) is 3. The molecule has 0 bridgehead atoms. The lowest BCUT2D eigenvalue weighted by Crippen LogP contribution is -2.41. The maximum Gasteiger partial charge on any atom is 0.296 e. The Hall–Kier alpha value is -2.61. The summed E-state index contributed by atoms with van der Waals surface area (Å²) in [6.45, 7) is 6.34. The van der Waals surface area contributed by atoms with Crippen LogP contribution in [0, 0.1) is 23.6 Å². The Kier molecular flexibility index (Phi) is 5.35. The highest BCUT2D eigenvalue weighted by Gasteiger charge is 2.53. The number of amides is 1. The number of Topliss-reactive ketones (excluding diaryl/α,β-unsaturated/α-hetero) is 1. The van der Waals surface area contributed by atoms with Crippen LogP contribution in [0.3, 0.4) is 0 Å². The molecule has 1 fully saturated rings. The molecular weight excluding hydrogens is 429 g/mol. The van der Waals surface area contributed by atoms with Crippen LogP contribution in [0.25, 0.3) is 0 Å². The molecule has 2 aromatic rings. The lowest BCUT2D eigenvalue weighted by Gasteiger charge is -2.37. The van der Waals surface area contributed by atoms with Crippen LogP contribution < -0.4 is 4.90 Å². The van der Waals surface area contributed by atoms with Gasteiger partial charge in [0, 0.05) is 6.42 Å². The highest BCUT2D eigenvalue weighted by Crippen LogP contribution is 2.49. The molecule has 4 atom stereocenters. The predicted octanol–water partition coefficient (Wildman–Crippen LogP) is 4.62. The largest absolute Gasteiger partial charge is 0.483 e. The van der Waals surface area contributed by atoms with Crippen molar-refractivity contribution in [1.82, 2.24) is 10.2 Å². The van der Waals surface area contributed by atoms with E-state index in [4.69, 9.17) is 4.74 Å². The second-order valence-corrected chi connectivity index (χ2v) is 10.5. The molecular formula is C24H26FN3O3S. The van der Waals surface area contributed by atoms with Crippen molar-refractivity contribution >= 4 is 28.2 Å². The molecule has 2 aliphatic heterocycles. The lowest BCUT2D eigenvalue weighted by atomic mass is 9.74. The Labute approximate surface area is 190 Å². The van der Waals surface area contributed by atoms with Gasteiger partial charge in [-0.2, -0.15) is 0 Å². The summed E-state index contributed by atoms with van der Waals surface area (Å²) in [4.78, 5) is 28.8. The molecule has 5 rings (SSSR count). The van der Waals surface area contributed by atoms with Crippen molar-refractivity contribution in [2.24, 2.45) is 17.8 Å². The van der Waals surface area contributed by atoms with Crippen LogP contribution in [0.2, 0.25) is 0 Å². The summed E-state index contributed by atoms with van der Waals surface area (Å²) in [6, 6.07) is 5.24. The minimum atomic E-state index is -0.691. The van der Waals surface area contributed by atoms with Crippen molar-refractivity contribution < 1.29 is 18.7 Å². The molecule has 168 valence electrons. The van der Waals surface area contributed by atoms with Crippen molar-refractivity contribution in [3.8, 4) is 0 Å². The van der Waals surface area contributed by atoms with E-state index < -0.39 is 6.04 Å². The van der Waals surface area contributed by atoms with Crippen LogP contribution >= 0.6 is 11.3 Å². The third-order valence-corrected chi connectivity index (χ3v) is 7.49. The Balaban J connectivity index is 1.59. The second-order valence-electron chi connectivity index (χ2n) is 9.49. The number of halogens is 1. The molecule has 3 aliphatic rings. The lowest BCUT2D eigenvalue weighted by molar-refractivity contribution is -0.132. The number of carbonyl (C=O) groups is 2. The molecule has 1 aliphatic carbocycles. The van der Waals surface area contributed by atoms with Crippen molar-refractivity contribution in [3.63, 3.8) is 0 Å². The Morgan fingerprint density at radius 1 is 1.19 bits per heavy atom. The molecule has 1 aromatic carbocycles. The van der Waals surface area contributed by atoms with Gasteiger partial charge >= 0.3 is 0 Å². The van der Waals surface area contributed by atoms with Crippen molar-refractivity contribution in [2.45, 2.75) is 58.6 Å². The first-order valence-electron chi connectivity index (χ1n) is 11.2. The second kappa shape index (κ2) is 8.06. The number of fused-ring (bicyclic) bond motifs is 1. The first-order chi connectivity index (χ1) is 15.3. The summed E-state index contributed by atoms with van der Waals surface area (Å²) < 4.78 is 19.9. The van der Waals surface area contributed by atoms with E-state index in [1.807, 2.05) is 0 Å². The van der Waals surface area contributed by atoms with Crippen LogP contribution in [0.15, 0.2) is 35.6 Å². The van der Waals surface area contributed by atoms with Gasteiger partial charge < -0.3 is 4.74 Å². The fourth-order valence-corrected chi connectivity index (χ4v) is 6.09. The zero-order valence-electron chi connectivity index (χ0n) is 18.4. The predicted molar refractivity (Wildman–Crippen MR) is 118 cm³/mol. The van der Waals surface area contributed by atoms with Crippen LogP contribution in [0.1, 0.15) is 56.6 Å². The average molecular weight is 456 g/mol. The normalized spacial score (nSPS) is 27.6. The van der Waals surface area contributed by atoms with Gasteiger partial charge in [0.15, 0.2) is 11.5 Å². The van der Waals surface area contributed by atoms with Crippen LogP contribution in [-0.4, -0.2) is 28.0 Å². The summed E-state index contributed by atoms with van der Waals surface area (Å²) >= 11 is 1.35. The van der Waals surface area contributed by atoms with E-state index in [1.54, 1.807) is 12.1 Å². The number of aromatic nitrogens is 2. The Bertz CT molecular complexity index is 1090. The van der Waals surface area contributed by atoms with E-state index in [0.717, 1.165) is 30.7 Å². The number of ether oxygens (including phenoxy) is 1. The van der Waals surface area contributed by atoms with Crippen molar-refractivity contribution in [2.75, 3.05) is 4.90 Å². The molecule has 4 unspecified atom stereocenters. The minimum Gasteiger partial charge on any atom is -0.483 e. The van der Waals surface area contributed by atoms with E-state index in [0.29, 0.717) is 28.1 Å². The summed E-state index contributed by atoms with van der Waals surface area (Å²) in [5.74, 6) is -0.0578. The van der Waals surface area contributed by atoms with Gasteiger partial charge in [0.25, 0.3) is 5.91 Å². The summed E-state index contributed by atoms with van der Waals surface area (Å²) in [5, 5.41) is 9.82. The molecule has 0 spiro atoms. The van der Waals surface area contributed by atoms with E-state index >= 15 is 0 Å². The Morgan fingerprint density at radius 2 is 1.94 bits per heavy atom. The molecule has 1 amide bonds. The standard InChI is InChI=1S/C24H26FN3O3S/c1-12(2)10-18-26-27-24(32-18)28-20(14-5-7-15(25)8-6-14)19-21(29)16-11-13(3)4-9-17(16)31-22(19)23(28)30/h5-8,12-13,16-17,20H,4,9-11H2,1-3H3. The zero-order chi connectivity index (χ0) is 22.6. The molecule has 0 saturated heterocycles. The topological polar surface area (TPSA) is 72.4 Å². The van der Waals surface area contributed by atoms with Gasteiger partial charge in [0.2, 0.25) is 5.13 Å². The maximum absolute atomic E-state index is 13.7. The number of hydrogen-bond donors (Lipinski definition) is 0. The number of rotatable bonds is 4. The number of ketones is 1. The smallest absolute Gasteiger partial charge is 0.296 e. The van der Waals surface area contributed by atoms with Gasteiger partial charge in [0.1, 0.15) is 16.9 Å². The monoisotopic (exact) mass is 455 g/mol. The molecule has 0 radical (unpaired) electrons. The molecule has 8 heteroatoms. The molecule has 1 saturated carbocycles. The molecule has 6 nitrogen and oxygen atoms in total. The van der Waals surface area contributed by atoms with Gasteiger partial charge in [0.05, 0.1) is 17.5 Å². The highest BCUT2D eigenvalue weighted by atomic mass is 32.1. The average Bonchev–Trinajstić information content (AvgIpc) is 3.31. The third kappa shape index (κ3) is 3.54. The van der Waals surface area contributed by atoms with Crippen LogP contribution in [-0.2, 0) is 20.7 Å². The number of anilines is 1. The molecule has 1 aromatic heterocycles. The van der Waals surface area contributed by atoms with Gasteiger partial charge in [-0.1, -0.05) is 44.2 Å². The molecule has 3 heterocycles. The van der Waals surface area contributed by atoms with Crippen molar-refractivity contribution in [1.29, 1.82) is 0 Å². The van der Waals surface area contributed by atoms with Gasteiger partial charge in [-0.3, -0.25) is 14.5 Å². The van der Waals surface area contributed by atoms with Gasteiger partial charge in [-0.05, 0) is 48.8 Å². The van der Waals surface area contributed by atoms with E-state index in [1.165, 1.54) is 28.4 Å². The van der Waals surface area contributed by atoms with E-state index in [9.17, 15) is 14.0 Å². The molecule has 0 N–H and O–H groups in total. The summed E-state index contributed by atoms with van der Waals surface area (Å²) in [7, 11) is 0. The fraction of sp³-hybridized carbons (Fsp3) is 0.500. The van der Waals surface area contributed by atoms with Crippen LogP contribution in [0.4, 0.5) is 9.52 Å². The molecule has 32 heavy (non-hydrogen) atoms. The fourth-order valence-electron chi connectivity index (χ4n) is 5.01. The number of hydrogen-bond acceptors (Lipinski definition) is 6. The SMILES string of the molecule is CC(C)Cc1nnc(N2C(=O)C3=C(C(=O)C4CC(C)CCC4O3)C2c2ccc(F)cc2)s1. The summed E-state index contributed by atoms with van der Waals surface area (Å²) in [5.41, 5.74) is 1.03. The highest BCUT2D eigenvalue weighted by molar-refractivity contribution is 7.15. The maximum atomic E-state index is 13.7. The quantitative estimate of drug-likeness (QED) is 0.673. The van der Waals surface area contributed by atoms with E-state index in [2.05, 4.69) is 31.0 Å². The van der Waals surface area contributed by atoms with Gasteiger partial charge in [-0.15, -0.1) is 10.2 Å². The third-order valence-electron chi connectivity index (χ3n) is 6.54.